The second-order valence-electron chi connectivity index (χ2n) is 4.32. The molecule has 4 heteroatoms. The Hall–Kier alpha value is -1.61. The van der Waals surface area contributed by atoms with E-state index in [0.717, 1.165) is 18.1 Å². The molecule has 0 aliphatic heterocycles. The van der Waals surface area contributed by atoms with Gasteiger partial charge in [0.05, 0.1) is 6.04 Å². The second kappa shape index (κ2) is 6.02. The van der Waals surface area contributed by atoms with Crippen LogP contribution in [0.5, 0.6) is 0 Å². The van der Waals surface area contributed by atoms with Crippen molar-refractivity contribution in [1.29, 1.82) is 0 Å². The van der Waals surface area contributed by atoms with Gasteiger partial charge in [-0.1, -0.05) is 30.7 Å². The lowest BCUT2D eigenvalue weighted by molar-refractivity contribution is 0.583. The van der Waals surface area contributed by atoms with Crippen molar-refractivity contribution < 1.29 is 8.78 Å². The van der Waals surface area contributed by atoms with E-state index < -0.39 is 11.6 Å². The summed E-state index contributed by atoms with van der Waals surface area (Å²) in [5.41, 5.74) is 1.41. The third kappa shape index (κ3) is 3.67. The third-order valence-electron chi connectivity index (χ3n) is 2.86. The maximum Gasteiger partial charge on any atom is 0.128 e. The molecule has 0 aliphatic carbocycles. The van der Waals surface area contributed by atoms with Crippen LogP contribution in [-0.2, 0) is 0 Å². The first-order valence-electron chi connectivity index (χ1n) is 6.06. The van der Waals surface area contributed by atoms with Crippen LogP contribution in [-0.4, -0.2) is 0 Å². The highest BCUT2D eigenvalue weighted by molar-refractivity contribution is 6.30. The standard InChI is InChI=1S/C15H14ClF2N/c1-2-15(10-4-3-5-11(16)6-10)19-14-8-12(17)7-13(18)9-14/h3-9,15,19H,2H2,1H3. The summed E-state index contributed by atoms with van der Waals surface area (Å²) in [6.45, 7) is 1.99. The molecule has 0 saturated carbocycles. The lowest BCUT2D eigenvalue weighted by Gasteiger charge is -2.19. The second-order valence-corrected chi connectivity index (χ2v) is 4.75. The molecule has 100 valence electrons. The van der Waals surface area contributed by atoms with Gasteiger partial charge in [0, 0.05) is 16.8 Å². The highest BCUT2D eigenvalue weighted by atomic mass is 35.5. The number of nitrogens with one attached hydrogen (secondary N) is 1. The van der Waals surface area contributed by atoms with Gasteiger partial charge in [0.15, 0.2) is 0 Å². The largest absolute Gasteiger partial charge is 0.378 e. The topological polar surface area (TPSA) is 12.0 Å². The van der Waals surface area contributed by atoms with Crippen molar-refractivity contribution in [2.24, 2.45) is 0 Å². The SMILES string of the molecule is CCC(Nc1cc(F)cc(F)c1)c1cccc(Cl)c1. The molecule has 0 bridgehead atoms. The number of anilines is 1. The Labute approximate surface area is 116 Å². The Morgan fingerprint density at radius 2 is 1.79 bits per heavy atom. The minimum absolute atomic E-state index is 0.0418. The first kappa shape index (κ1) is 13.8. The third-order valence-corrected chi connectivity index (χ3v) is 3.10. The van der Waals surface area contributed by atoms with Crippen LogP contribution in [0.1, 0.15) is 24.9 Å². The first-order valence-corrected chi connectivity index (χ1v) is 6.44. The van der Waals surface area contributed by atoms with E-state index in [-0.39, 0.29) is 6.04 Å². The van der Waals surface area contributed by atoms with Crippen LogP contribution in [0.15, 0.2) is 42.5 Å². The normalized spacial score (nSPS) is 12.2. The average Bonchev–Trinajstić information content (AvgIpc) is 2.34. The molecule has 1 N–H and O–H groups in total. The summed E-state index contributed by atoms with van der Waals surface area (Å²) in [4.78, 5) is 0. The van der Waals surface area contributed by atoms with E-state index in [1.807, 2.05) is 25.1 Å². The maximum atomic E-state index is 13.1. The molecule has 2 aromatic rings. The Bertz CT molecular complexity index is 552. The summed E-state index contributed by atoms with van der Waals surface area (Å²) in [6.07, 6.45) is 0.776. The van der Waals surface area contributed by atoms with Crippen molar-refractivity contribution >= 4 is 17.3 Å². The van der Waals surface area contributed by atoms with Gasteiger partial charge in [0.2, 0.25) is 0 Å². The lowest BCUT2D eigenvalue weighted by atomic mass is 10.0. The fourth-order valence-corrected chi connectivity index (χ4v) is 2.18. The van der Waals surface area contributed by atoms with Crippen molar-refractivity contribution in [2.45, 2.75) is 19.4 Å². The Morgan fingerprint density at radius 1 is 1.11 bits per heavy atom. The smallest absolute Gasteiger partial charge is 0.128 e. The maximum absolute atomic E-state index is 13.1. The van der Waals surface area contributed by atoms with Gasteiger partial charge < -0.3 is 5.32 Å². The molecule has 1 nitrogen and oxygen atoms in total. The highest BCUT2D eigenvalue weighted by Crippen LogP contribution is 2.25. The molecule has 2 rings (SSSR count). The van der Waals surface area contributed by atoms with E-state index >= 15 is 0 Å². The molecular weight excluding hydrogens is 268 g/mol. The summed E-state index contributed by atoms with van der Waals surface area (Å²) in [7, 11) is 0. The van der Waals surface area contributed by atoms with Crippen LogP contribution in [0.3, 0.4) is 0 Å². The molecule has 0 fully saturated rings. The molecule has 0 heterocycles. The van der Waals surface area contributed by atoms with E-state index in [1.54, 1.807) is 6.07 Å². The van der Waals surface area contributed by atoms with Gasteiger partial charge in [-0.25, -0.2) is 8.78 Å². The van der Waals surface area contributed by atoms with Crippen molar-refractivity contribution in [3.05, 3.63) is 64.7 Å². The van der Waals surface area contributed by atoms with Crippen molar-refractivity contribution in [3.8, 4) is 0 Å². The molecule has 0 radical (unpaired) electrons. The summed E-state index contributed by atoms with van der Waals surface area (Å²) < 4.78 is 26.3. The van der Waals surface area contributed by atoms with E-state index in [9.17, 15) is 8.78 Å². The molecule has 0 amide bonds. The quantitative estimate of drug-likeness (QED) is 0.814. The van der Waals surface area contributed by atoms with Gasteiger partial charge in [-0.15, -0.1) is 0 Å². The van der Waals surface area contributed by atoms with Crippen LogP contribution in [0.4, 0.5) is 14.5 Å². The lowest BCUT2D eigenvalue weighted by Crippen LogP contribution is -2.10. The average molecular weight is 282 g/mol. The Morgan fingerprint density at radius 3 is 2.37 bits per heavy atom. The van der Waals surface area contributed by atoms with Crippen molar-refractivity contribution in [2.75, 3.05) is 5.32 Å². The summed E-state index contributed by atoms with van der Waals surface area (Å²) in [6, 6.07) is 10.8. The minimum Gasteiger partial charge on any atom is -0.378 e. The van der Waals surface area contributed by atoms with Crippen molar-refractivity contribution in [3.63, 3.8) is 0 Å². The zero-order chi connectivity index (χ0) is 13.8. The van der Waals surface area contributed by atoms with E-state index in [2.05, 4.69) is 5.32 Å². The van der Waals surface area contributed by atoms with Gasteiger partial charge in [0.25, 0.3) is 0 Å². The zero-order valence-corrected chi connectivity index (χ0v) is 11.2. The highest BCUT2D eigenvalue weighted by Gasteiger charge is 2.10. The van der Waals surface area contributed by atoms with Crippen LogP contribution in [0, 0.1) is 11.6 Å². The van der Waals surface area contributed by atoms with Crippen LogP contribution >= 0.6 is 11.6 Å². The molecule has 0 saturated heterocycles. The van der Waals surface area contributed by atoms with Crippen LogP contribution in [0.2, 0.25) is 5.02 Å². The van der Waals surface area contributed by atoms with Gasteiger partial charge in [-0.2, -0.15) is 0 Å². The predicted octanol–water partition coefficient (Wildman–Crippen LogP) is 5.18. The van der Waals surface area contributed by atoms with Crippen LogP contribution in [0.25, 0.3) is 0 Å². The monoisotopic (exact) mass is 281 g/mol. The number of halogens is 3. The molecule has 1 atom stereocenters. The Balaban J connectivity index is 2.23. The first-order chi connectivity index (χ1) is 9.08. The predicted molar refractivity (Wildman–Crippen MR) is 74.5 cm³/mol. The number of benzene rings is 2. The minimum atomic E-state index is -0.594. The van der Waals surface area contributed by atoms with Gasteiger partial charge in [0.1, 0.15) is 11.6 Å². The fourth-order valence-electron chi connectivity index (χ4n) is 1.98. The fraction of sp³-hybridized carbons (Fsp3) is 0.200. The number of rotatable bonds is 4. The Kier molecular flexibility index (Phi) is 4.38. The molecular formula is C15H14ClF2N. The summed E-state index contributed by atoms with van der Waals surface area (Å²) >= 11 is 5.95. The number of hydrogen-bond donors (Lipinski definition) is 1. The molecule has 19 heavy (non-hydrogen) atoms. The summed E-state index contributed by atoms with van der Waals surface area (Å²) in [5, 5.41) is 3.76. The van der Waals surface area contributed by atoms with E-state index in [1.165, 1.54) is 12.1 Å². The molecule has 0 spiro atoms. The van der Waals surface area contributed by atoms with E-state index in [0.29, 0.717) is 10.7 Å². The molecule has 1 unspecified atom stereocenters. The molecule has 2 aromatic carbocycles. The van der Waals surface area contributed by atoms with Gasteiger partial charge >= 0.3 is 0 Å². The molecule has 0 aromatic heterocycles. The van der Waals surface area contributed by atoms with Crippen LogP contribution < -0.4 is 5.32 Å². The van der Waals surface area contributed by atoms with Crippen molar-refractivity contribution in [1.82, 2.24) is 0 Å². The molecule has 0 aliphatic rings. The summed E-state index contributed by atoms with van der Waals surface area (Å²) in [5.74, 6) is -1.19. The van der Waals surface area contributed by atoms with Gasteiger partial charge in [-0.05, 0) is 36.2 Å². The van der Waals surface area contributed by atoms with Gasteiger partial charge in [-0.3, -0.25) is 0 Å². The number of hydrogen-bond acceptors (Lipinski definition) is 1. The zero-order valence-electron chi connectivity index (χ0n) is 10.5. The van der Waals surface area contributed by atoms with E-state index in [4.69, 9.17) is 11.6 Å².